The number of aromatic nitrogens is 3. The van der Waals surface area contributed by atoms with Crippen LogP contribution in [0.4, 0.5) is 0 Å². The highest BCUT2D eigenvalue weighted by Crippen LogP contribution is 2.32. The number of hydrogen-bond donors (Lipinski definition) is 0. The fourth-order valence-electron chi connectivity index (χ4n) is 4.23. The fourth-order valence-corrected chi connectivity index (χ4v) is 5.20. The zero-order valence-electron chi connectivity index (χ0n) is 18.9. The van der Waals surface area contributed by atoms with E-state index in [9.17, 15) is 4.79 Å². The van der Waals surface area contributed by atoms with Crippen molar-refractivity contribution in [1.82, 2.24) is 19.7 Å². The first-order valence-corrected chi connectivity index (χ1v) is 12.0. The summed E-state index contributed by atoms with van der Waals surface area (Å²) in [6.07, 6.45) is 5.88. The summed E-state index contributed by atoms with van der Waals surface area (Å²) in [6, 6.07) is 18.1. The second kappa shape index (κ2) is 10.2. The van der Waals surface area contributed by atoms with E-state index in [4.69, 9.17) is 4.74 Å². The molecule has 1 unspecified atom stereocenters. The minimum atomic E-state index is -0.258. The highest BCUT2D eigenvalue weighted by Gasteiger charge is 2.28. The van der Waals surface area contributed by atoms with Crippen molar-refractivity contribution in [3.05, 3.63) is 54.6 Å². The van der Waals surface area contributed by atoms with Crippen LogP contribution in [0.2, 0.25) is 0 Å². The summed E-state index contributed by atoms with van der Waals surface area (Å²) >= 11 is 1.46. The molecule has 0 radical (unpaired) electrons. The van der Waals surface area contributed by atoms with Gasteiger partial charge in [-0.25, -0.2) is 0 Å². The van der Waals surface area contributed by atoms with Crippen molar-refractivity contribution in [2.75, 3.05) is 14.2 Å². The van der Waals surface area contributed by atoms with Gasteiger partial charge in [-0.15, -0.1) is 10.2 Å². The molecule has 0 bridgehead atoms. The Morgan fingerprint density at radius 1 is 1.06 bits per heavy atom. The van der Waals surface area contributed by atoms with Crippen molar-refractivity contribution < 1.29 is 9.53 Å². The number of nitrogens with zero attached hydrogens (tertiary/aromatic N) is 4. The van der Waals surface area contributed by atoms with Crippen LogP contribution in [0.3, 0.4) is 0 Å². The van der Waals surface area contributed by atoms with Gasteiger partial charge in [-0.05, 0) is 44.0 Å². The molecule has 0 N–H and O–H groups in total. The van der Waals surface area contributed by atoms with Gasteiger partial charge < -0.3 is 9.64 Å². The normalized spacial score (nSPS) is 15.3. The molecule has 32 heavy (non-hydrogen) atoms. The van der Waals surface area contributed by atoms with Gasteiger partial charge in [-0.2, -0.15) is 0 Å². The molecule has 1 saturated carbocycles. The summed E-state index contributed by atoms with van der Waals surface area (Å²) in [5.74, 6) is 1.68. The fraction of sp³-hybridized carbons (Fsp3) is 0.400. The molecule has 1 aliphatic carbocycles. The molecule has 7 heteroatoms. The molecule has 0 spiro atoms. The molecule has 4 rings (SSSR count). The molecule has 168 valence electrons. The molecule has 1 amide bonds. The quantitative estimate of drug-likeness (QED) is 0.462. The molecule has 1 aliphatic rings. The number of carbonyl (C=O) groups excluding carboxylic acids is 1. The topological polar surface area (TPSA) is 60.2 Å². The van der Waals surface area contributed by atoms with E-state index in [2.05, 4.69) is 10.2 Å². The summed E-state index contributed by atoms with van der Waals surface area (Å²) < 4.78 is 7.33. The summed E-state index contributed by atoms with van der Waals surface area (Å²) in [4.78, 5) is 15.1. The zero-order valence-corrected chi connectivity index (χ0v) is 19.7. The minimum Gasteiger partial charge on any atom is -0.497 e. The lowest BCUT2D eigenvalue weighted by molar-refractivity contribution is -0.131. The van der Waals surface area contributed by atoms with Crippen molar-refractivity contribution in [2.45, 2.75) is 55.5 Å². The van der Waals surface area contributed by atoms with Crippen molar-refractivity contribution in [1.29, 1.82) is 0 Å². The SMILES string of the molecule is COc1ccc(-n2c(SC(C)C(=O)N(C)C3CCCCC3)nnc2-c2ccccc2)cc1. The van der Waals surface area contributed by atoms with Crippen LogP contribution in [0.25, 0.3) is 17.1 Å². The Balaban J connectivity index is 1.63. The van der Waals surface area contributed by atoms with Gasteiger partial charge in [-0.3, -0.25) is 9.36 Å². The average Bonchev–Trinajstić information content (AvgIpc) is 3.27. The second-order valence-electron chi connectivity index (χ2n) is 8.21. The van der Waals surface area contributed by atoms with E-state index in [1.807, 2.05) is 78.0 Å². The Bertz CT molecular complexity index is 1030. The lowest BCUT2D eigenvalue weighted by atomic mass is 9.94. The number of methoxy groups -OCH3 is 1. The average molecular weight is 451 g/mol. The van der Waals surface area contributed by atoms with Gasteiger partial charge in [0, 0.05) is 24.3 Å². The third-order valence-corrected chi connectivity index (χ3v) is 7.13. The number of benzene rings is 2. The maximum absolute atomic E-state index is 13.2. The predicted octanol–water partition coefficient (Wildman–Crippen LogP) is 5.21. The molecule has 1 atom stereocenters. The first kappa shape index (κ1) is 22.4. The van der Waals surface area contributed by atoms with Crippen LogP contribution >= 0.6 is 11.8 Å². The number of amides is 1. The lowest BCUT2D eigenvalue weighted by Crippen LogP contribution is -2.42. The van der Waals surface area contributed by atoms with Crippen LogP contribution < -0.4 is 4.74 Å². The van der Waals surface area contributed by atoms with Gasteiger partial charge in [0.05, 0.1) is 12.4 Å². The molecule has 2 aromatic carbocycles. The van der Waals surface area contributed by atoms with Crippen molar-refractivity contribution in [2.24, 2.45) is 0 Å². The van der Waals surface area contributed by atoms with E-state index >= 15 is 0 Å². The summed E-state index contributed by atoms with van der Waals surface area (Å²) in [6.45, 7) is 1.96. The van der Waals surface area contributed by atoms with Crippen LogP contribution in [0.5, 0.6) is 5.75 Å². The molecule has 3 aromatic rings. The number of rotatable bonds is 7. The van der Waals surface area contributed by atoms with E-state index in [0.29, 0.717) is 11.2 Å². The Morgan fingerprint density at radius 3 is 2.41 bits per heavy atom. The molecule has 1 fully saturated rings. The number of ether oxygens (including phenoxy) is 1. The van der Waals surface area contributed by atoms with Gasteiger partial charge in [0.1, 0.15) is 5.75 Å². The molecule has 6 nitrogen and oxygen atoms in total. The maximum Gasteiger partial charge on any atom is 0.235 e. The monoisotopic (exact) mass is 450 g/mol. The number of hydrogen-bond acceptors (Lipinski definition) is 5. The molecular weight excluding hydrogens is 420 g/mol. The van der Waals surface area contributed by atoms with E-state index in [1.54, 1.807) is 7.11 Å². The second-order valence-corrected chi connectivity index (χ2v) is 9.51. The molecule has 0 saturated heterocycles. The maximum atomic E-state index is 13.2. The standard InChI is InChI=1S/C25H30N4O2S/c1-18(24(30)28(2)20-12-8-5-9-13-20)32-25-27-26-23(19-10-6-4-7-11-19)29(25)21-14-16-22(31-3)17-15-21/h4,6-7,10-11,14-18,20H,5,8-9,12-13H2,1-3H3. The van der Waals surface area contributed by atoms with E-state index in [0.717, 1.165) is 35.7 Å². The van der Waals surface area contributed by atoms with Crippen LogP contribution in [-0.4, -0.2) is 51.0 Å². The number of carbonyl (C=O) groups is 1. The summed E-state index contributed by atoms with van der Waals surface area (Å²) in [5, 5.41) is 9.41. The molecule has 1 heterocycles. The van der Waals surface area contributed by atoms with Gasteiger partial charge in [0.25, 0.3) is 0 Å². The summed E-state index contributed by atoms with van der Waals surface area (Å²) in [5.41, 5.74) is 1.90. The largest absolute Gasteiger partial charge is 0.497 e. The minimum absolute atomic E-state index is 0.146. The third-order valence-electron chi connectivity index (χ3n) is 6.10. The van der Waals surface area contributed by atoms with Crippen LogP contribution in [-0.2, 0) is 4.79 Å². The Hall–Kier alpha value is -2.80. The Kier molecular flexibility index (Phi) is 7.15. The van der Waals surface area contributed by atoms with Crippen LogP contribution in [0.15, 0.2) is 59.8 Å². The summed E-state index contributed by atoms with van der Waals surface area (Å²) in [7, 11) is 3.60. The van der Waals surface area contributed by atoms with Crippen molar-refractivity contribution in [3.63, 3.8) is 0 Å². The number of thioether (sulfide) groups is 1. The predicted molar refractivity (Wildman–Crippen MR) is 128 cm³/mol. The van der Waals surface area contributed by atoms with Gasteiger partial charge in [0.2, 0.25) is 5.91 Å². The first-order valence-electron chi connectivity index (χ1n) is 11.2. The van der Waals surface area contributed by atoms with Gasteiger partial charge in [0.15, 0.2) is 11.0 Å². The Morgan fingerprint density at radius 2 is 1.75 bits per heavy atom. The van der Waals surface area contributed by atoms with Crippen LogP contribution in [0, 0.1) is 0 Å². The molecule has 1 aromatic heterocycles. The highest BCUT2D eigenvalue weighted by atomic mass is 32.2. The third kappa shape index (κ3) is 4.83. The molecule has 0 aliphatic heterocycles. The van der Waals surface area contributed by atoms with Crippen molar-refractivity contribution in [3.8, 4) is 22.8 Å². The van der Waals surface area contributed by atoms with Gasteiger partial charge >= 0.3 is 0 Å². The Labute approximate surface area is 194 Å². The van der Waals surface area contributed by atoms with E-state index in [1.165, 1.54) is 31.0 Å². The zero-order chi connectivity index (χ0) is 22.5. The first-order chi connectivity index (χ1) is 15.6. The van der Waals surface area contributed by atoms with E-state index in [-0.39, 0.29) is 11.2 Å². The smallest absolute Gasteiger partial charge is 0.235 e. The highest BCUT2D eigenvalue weighted by molar-refractivity contribution is 8.00. The van der Waals surface area contributed by atoms with E-state index < -0.39 is 0 Å². The van der Waals surface area contributed by atoms with Crippen molar-refractivity contribution >= 4 is 17.7 Å². The van der Waals surface area contributed by atoms with Gasteiger partial charge in [-0.1, -0.05) is 61.4 Å². The lowest BCUT2D eigenvalue weighted by Gasteiger charge is -2.32. The van der Waals surface area contributed by atoms with Crippen LogP contribution in [0.1, 0.15) is 39.0 Å². The molecular formula is C25H30N4O2S.